The third-order valence-corrected chi connectivity index (χ3v) is 3.29. The van der Waals surface area contributed by atoms with Crippen molar-refractivity contribution < 1.29 is 4.74 Å². The monoisotopic (exact) mass is 170 g/mol. The zero-order chi connectivity index (χ0) is 9.19. The van der Waals surface area contributed by atoms with Crippen molar-refractivity contribution in [3.8, 4) is 0 Å². The average molecular weight is 170 g/mol. The molecule has 0 saturated carbocycles. The molecule has 0 aliphatic carbocycles. The van der Waals surface area contributed by atoms with Crippen LogP contribution in [-0.2, 0) is 4.74 Å². The van der Waals surface area contributed by atoms with Crippen molar-refractivity contribution in [1.29, 1.82) is 0 Å². The molecule has 0 N–H and O–H groups in total. The summed E-state index contributed by atoms with van der Waals surface area (Å²) in [5.41, 5.74) is 0.179. The lowest BCUT2D eigenvalue weighted by atomic mass is 9.75. The molecule has 1 nitrogen and oxygen atoms in total. The first-order valence-electron chi connectivity index (χ1n) is 5.23. The van der Waals surface area contributed by atoms with E-state index in [1.165, 1.54) is 19.3 Å². The van der Waals surface area contributed by atoms with Crippen LogP contribution in [-0.4, -0.2) is 12.2 Å². The van der Waals surface area contributed by atoms with Gasteiger partial charge in [0.05, 0.1) is 5.60 Å². The summed E-state index contributed by atoms with van der Waals surface area (Å²) < 4.78 is 5.99. The van der Waals surface area contributed by atoms with Gasteiger partial charge in [-0.05, 0) is 31.1 Å². The largest absolute Gasteiger partial charge is 0.374 e. The van der Waals surface area contributed by atoms with Gasteiger partial charge in [-0.3, -0.25) is 0 Å². The van der Waals surface area contributed by atoms with Crippen LogP contribution in [0.2, 0.25) is 0 Å². The summed E-state index contributed by atoms with van der Waals surface area (Å²) in [6.45, 7) is 10.1. The van der Waals surface area contributed by atoms with Crippen molar-refractivity contribution >= 4 is 0 Å². The van der Waals surface area contributed by atoms with Gasteiger partial charge in [-0.25, -0.2) is 0 Å². The maximum Gasteiger partial charge on any atom is 0.0728 e. The lowest BCUT2D eigenvalue weighted by molar-refractivity contribution is -0.137. The van der Waals surface area contributed by atoms with Gasteiger partial charge >= 0.3 is 0 Å². The standard InChI is InChI=1S/C11H22O/c1-9(2)11(10(3)4)7-5-6-8-12-11/h9-10H,5-8H2,1-4H3. The molecular formula is C11H22O. The van der Waals surface area contributed by atoms with Crippen molar-refractivity contribution in [3.05, 3.63) is 0 Å². The van der Waals surface area contributed by atoms with Crippen molar-refractivity contribution in [2.45, 2.75) is 52.6 Å². The van der Waals surface area contributed by atoms with Gasteiger partial charge in [-0.2, -0.15) is 0 Å². The predicted octanol–water partition coefficient (Wildman–Crippen LogP) is 3.24. The zero-order valence-electron chi connectivity index (χ0n) is 8.89. The Morgan fingerprint density at radius 1 is 1.00 bits per heavy atom. The highest BCUT2D eigenvalue weighted by molar-refractivity contribution is 4.89. The molecule has 0 amide bonds. The van der Waals surface area contributed by atoms with Gasteiger partial charge in [-0.15, -0.1) is 0 Å². The van der Waals surface area contributed by atoms with E-state index in [1.54, 1.807) is 0 Å². The molecule has 0 bridgehead atoms. The van der Waals surface area contributed by atoms with Gasteiger partial charge < -0.3 is 4.74 Å². The first kappa shape index (κ1) is 10.0. The van der Waals surface area contributed by atoms with Crippen LogP contribution in [0.15, 0.2) is 0 Å². The van der Waals surface area contributed by atoms with Crippen molar-refractivity contribution in [3.63, 3.8) is 0 Å². The fraction of sp³-hybridized carbons (Fsp3) is 1.00. The summed E-state index contributed by atoms with van der Waals surface area (Å²) >= 11 is 0. The number of hydrogen-bond donors (Lipinski definition) is 0. The molecule has 12 heavy (non-hydrogen) atoms. The first-order chi connectivity index (χ1) is 5.59. The van der Waals surface area contributed by atoms with E-state index in [0.29, 0.717) is 11.8 Å². The summed E-state index contributed by atoms with van der Waals surface area (Å²) in [4.78, 5) is 0. The van der Waals surface area contributed by atoms with Crippen LogP contribution < -0.4 is 0 Å². The summed E-state index contributed by atoms with van der Waals surface area (Å²) in [6.07, 6.45) is 3.85. The Morgan fingerprint density at radius 3 is 1.83 bits per heavy atom. The molecule has 0 aromatic rings. The van der Waals surface area contributed by atoms with Crippen LogP contribution in [0.4, 0.5) is 0 Å². The minimum absolute atomic E-state index is 0.179. The van der Waals surface area contributed by atoms with Gasteiger partial charge in [-0.1, -0.05) is 27.7 Å². The second kappa shape index (κ2) is 3.78. The molecule has 1 heterocycles. The smallest absolute Gasteiger partial charge is 0.0728 e. The fourth-order valence-corrected chi connectivity index (χ4v) is 2.42. The Kier molecular flexibility index (Phi) is 3.16. The molecule has 1 heteroatoms. The Balaban J connectivity index is 2.70. The highest BCUT2D eigenvalue weighted by atomic mass is 16.5. The number of ether oxygens (including phenoxy) is 1. The molecule has 0 atom stereocenters. The van der Waals surface area contributed by atoms with E-state index < -0.39 is 0 Å². The molecular weight excluding hydrogens is 148 g/mol. The quantitative estimate of drug-likeness (QED) is 0.618. The van der Waals surface area contributed by atoms with Crippen molar-refractivity contribution in [2.24, 2.45) is 11.8 Å². The van der Waals surface area contributed by atoms with Crippen LogP contribution >= 0.6 is 0 Å². The van der Waals surface area contributed by atoms with Crippen LogP contribution in [0.25, 0.3) is 0 Å². The minimum Gasteiger partial charge on any atom is -0.374 e. The molecule has 1 rings (SSSR count). The summed E-state index contributed by atoms with van der Waals surface area (Å²) in [5, 5.41) is 0. The second-order valence-electron chi connectivity index (χ2n) is 4.57. The molecule has 0 radical (unpaired) electrons. The summed E-state index contributed by atoms with van der Waals surface area (Å²) in [5.74, 6) is 1.30. The molecule has 72 valence electrons. The molecule has 0 unspecified atom stereocenters. The van der Waals surface area contributed by atoms with Crippen molar-refractivity contribution in [2.75, 3.05) is 6.61 Å². The van der Waals surface area contributed by atoms with Crippen LogP contribution in [0, 0.1) is 11.8 Å². The van der Waals surface area contributed by atoms with E-state index >= 15 is 0 Å². The SMILES string of the molecule is CC(C)C1(C(C)C)CCCCO1. The topological polar surface area (TPSA) is 9.23 Å². The average Bonchev–Trinajstić information content (AvgIpc) is 2.05. The summed E-state index contributed by atoms with van der Waals surface area (Å²) in [7, 11) is 0. The fourth-order valence-electron chi connectivity index (χ4n) is 2.42. The zero-order valence-corrected chi connectivity index (χ0v) is 8.89. The molecule has 0 spiro atoms. The first-order valence-corrected chi connectivity index (χ1v) is 5.23. The van der Waals surface area contributed by atoms with E-state index in [2.05, 4.69) is 27.7 Å². The van der Waals surface area contributed by atoms with E-state index in [-0.39, 0.29) is 5.60 Å². The van der Waals surface area contributed by atoms with Gasteiger partial charge in [0.25, 0.3) is 0 Å². The van der Waals surface area contributed by atoms with Crippen LogP contribution in [0.3, 0.4) is 0 Å². The summed E-state index contributed by atoms with van der Waals surface area (Å²) in [6, 6.07) is 0. The normalized spacial score (nSPS) is 23.5. The third-order valence-electron chi connectivity index (χ3n) is 3.29. The maximum atomic E-state index is 5.99. The van der Waals surface area contributed by atoms with E-state index in [0.717, 1.165) is 6.61 Å². The van der Waals surface area contributed by atoms with E-state index in [1.807, 2.05) is 0 Å². The predicted molar refractivity (Wildman–Crippen MR) is 52.2 cm³/mol. The Labute approximate surface area is 76.5 Å². The van der Waals surface area contributed by atoms with E-state index in [4.69, 9.17) is 4.74 Å². The molecule has 1 aliphatic heterocycles. The van der Waals surface area contributed by atoms with Crippen molar-refractivity contribution in [1.82, 2.24) is 0 Å². The number of rotatable bonds is 2. The molecule has 0 aromatic heterocycles. The highest BCUT2D eigenvalue weighted by Gasteiger charge is 2.39. The Morgan fingerprint density at radius 2 is 1.58 bits per heavy atom. The Bertz CT molecular complexity index is 122. The lowest BCUT2D eigenvalue weighted by Gasteiger charge is -2.44. The minimum atomic E-state index is 0.179. The molecule has 0 aromatic carbocycles. The molecule has 1 aliphatic rings. The Hall–Kier alpha value is -0.0400. The number of hydrogen-bond acceptors (Lipinski definition) is 1. The van der Waals surface area contributed by atoms with Gasteiger partial charge in [0, 0.05) is 6.61 Å². The highest BCUT2D eigenvalue weighted by Crippen LogP contribution is 2.38. The van der Waals surface area contributed by atoms with Gasteiger partial charge in [0.2, 0.25) is 0 Å². The van der Waals surface area contributed by atoms with Crippen LogP contribution in [0.5, 0.6) is 0 Å². The second-order valence-corrected chi connectivity index (χ2v) is 4.57. The van der Waals surface area contributed by atoms with Gasteiger partial charge in [0.15, 0.2) is 0 Å². The van der Waals surface area contributed by atoms with Crippen LogP contribution in [0.1, 0.15) is 47.0 Å². The van der Waals surface area contributed by atoms with Gasteiger partial charge in [0.1, 0.15) is 0 Å². The third kappa shape index (κ3) is 1.66. The van der Waals surface area contributed by atoms with E-state index in [9.17, 15) is 0 Å². The molecule has 1 fully saturated rings. The maximum absolute atomic E-state index is 5.99. The lowest BCUT2D eigenvalue weighted by Crippen LogP contribution is -2.46. The molecule has 1 saturated heterocycles.